The van der Waals surface area contributed by atoms with Gasteiger partial charge >= 0.3 is 0 Å². The highest BCUT2D eigenvalue weighted by Crippen LogP contribution is 2.25. The third kappa shape index (κ3) is 3.32. The van der Waals surface area contributed by atoms with E-state index in [0.29, 0.717) is 33.4 Å². The van der Waals surface area contributed by atoms with Gasteiger partial charge < -0.3 is 5.32 Å². The average molecular weight is 416 g/mol. The normalized spacial score (nSPS) is 12.3. The number of halogens is 2. The van der Waals surface area contributed by atoms with Crippen molar-refractivity contribution in [2.24, 2.45) is 0 Å². The predicted molar refractivity (Wildman–Crippen MR) is 107 cm³/mol. The SMILES string of the molecule is Cc1cc(NC(=O)C(C)Cl)n(-c2ncnc3c2cnn3-c2cccc(Cl)c2)n1. The van der Waals surface area contributed by atoms with Crippen LogP contribution in [0.5, 0.6) is 0 Å². The molecule has 8 nitrogen and oxygen atoms in total. The highest BCUT2D eigenvalue weighted by atomic mass is 35.5. The molecule has 10 heteroatoms. The molecule has 1 unspecified atom stereocenters. The zero-order chi connectivity index (χ0) is 19.8. The van der Waals surface area contributed by atoms with Gasteiger partial charge in [0.2, 0.25) is 5.91 Å². The molecular formula is C18H15Cl2N7O. The number of nitrogens with zero attached hydrogens (tertiary/aromatic N) is 6. The summed E-state index contributed by atoms with van der Waals surface area (Å²) in [7, 11) is 0. The van der Waals surface area contributed by atoms with Crippen LogP contribution < -0.4 is 5.32 Å². The van der Waals surface area contributed by atoms with E-state index in [1.165, 1.54) is 6.33 Å². The van der Waals surface area contributed by atoms with Crippen LogP contribution in [0, 0.1) is 6.92 Å². The number of aryl methyl sites for hydroxylation is 1. The second-order valence-electron chi connectivity index (χ2n) is 6.16. The van der Waals surface area contributed by atoms with E-state index >= 15 is 0 Å². The van der Waals surface area contributed by atoms with Crippen LogP contribution in [0.4, 0.5) is 5.82 Å². The summed E-state index contributed by atoms with van der Waals surface area (Å²) in [6.07, 6.45) is 3.07. The number of carbonyl (C=O) groups excluding carboxylic acids is 1. The molecule has 0 radical (unpaired) electrons. The van der Waals surface area contributed by atoms with Gasteiger partial charge in [0.05, 0.1) is 23.0 Å². The van der Waals surface area contributed by atoms with Gasteiger partial charge in [0.25, 0.3) is 0 Å². The maximum atomic E-state index is 12.0. The number of hydrogen-bond donors (Lipinski definition) is 1. The van der Waals surface area contributed by atoms with Gasteiger partial charge in [0, 0.05) is 11.1 Å². The third-order valence-corrected chi connectivity index (χ3v) is 4.48. The highest BCUT2D eigenvalue weighted by molar-refractivity contribution is 6.32. The summed E-state index contributed by atoms with van der Waals surface area (Å²) in [6, 6.07) is 9.04. The summed E-state index contributed by atoms with van der Waals surface area (Å²) in [6.45, 7) is 3.42. The minimum absolute atomic E-state index is 0.331. The van der Waals surface area contributed by atoms with E-state index in [2.05, 4.69) is 25.5 Å². The van der Waals surface area contributed by atoms with E-state index in [1.807, 2.05) is 19.1 Å². The molecule has 3 heterocycles. The molecule has 4 rings (SSSR count). The predicted octanol–water partition coefficient (Wildman–Crippen LogP) is 3.53. The number of nitrogens with one attached hydrogen (secondary N) is 1. The van der Waals surface area contributed by atoms with Gasteiger partial charge in [-0.3, -0.25) is 4.79 Å². The molecule has 1 atom stereocenters. The Kier molecular flexibility index (Phi) is 4.74. The first-order valence-electron chi connectivity index (χ1n) is 8.40. The van der Waals surface area contributed by atoms with E-state index in [4.69, 9.17) is 23.2 Å². The van der Waals surface area contributed by atoms with Gasteiger partial charge in [-0.15, -0.1) is 11.6 Å². The van der Waals surface area contributed by atoms with E-state index in [9.17, 15) is 4.79 Å². The number of aromatic nitrogens is 6. The Bertz CT molecular complexity index is 1180. The van der Waals surface area contributed by atoms with Gasteiger partial charge in [-0.2, -0.15) is 14.9 Å². The summed E-state index contributed by atoms with van der Waals surface area (Å²) in [5.74, 6) is 0.622. The minimum atomic E-state index is -0.681. The van der Waals surface area contributed by atoms with Crippen LogP contribution in [0.25, 0.3) is 22.5 Å². The summed E-state index contributed by atoms with van der Waals surface area (Å²) < 4.78 is 3.21. The van der Waals surface area contributed by atoms with Crippen LogP contribution in [0.1, 0.15) is 12.6 Å². The Morgan fingerprint density at radius 1 is 1.21 bits per heavy atom. The number of anilines is 1. The van der Waals surface area contributed by atoms with Crippen molar-refractivity contribution in [2.75, 3.05) is 5.32 Å². The number of amides is 1. The second kappa shape index (κ2) is 7.21. The number of carbonyl (C=O) groups is 1. The third-order valence-electron chi connectivity index (χ3n) is 4.04. The number of fused-ring (bicyclic) bond motifs is 1. The van der Waals surface area contributed by atoms with Gasteiger partial charge in [-0.05, 0) is 32.0 Å². The fraction of sp³-hybridized carbons (Fsp3) is 0.167. The lowest BCUT2D eigenvalue weighted by molar-refractivity contribution is -0.115. The van der Waals surface area contributed by atoms with Crippen molar-refractivity contribution in [3.63, 3.8) is 0 Å². The largest absolute Gasteiger partial charge is 0.309 e. The topological polar surface area (TPSA) is 90.5 Å². The van der Waals surface area contributed by atoms with Crippen molar-refractivity contribution in [3.05, 3.63) is 53.6 Å². The molecule has 0 aliphatic heterocycles. The van der Waals surface area contributed by atoms with Crippen LogP contribution in [0.3, 0.4) is 0 Å². The Labute approximate surface area is 170 Å². The van der Waals surface area contributed by atoms with Crippen LogP contribution in [-0.4, -0.2) is 40.8 Å². The van der Waals surface area contributed by atoms with Crippen molar-refractivity contribution < 1.29 is 4.79 Å². The lowest BCUT2D eigenvalue weighted by Gasteiger charge is -2.10. The van der Waals surface area contributed by atoms with E-state index < -0.39 is 5.38 Å². The number of rotatable bonds is 4. The maximum absolute atomic E-state index is 12.0. The van der Waals surface area contributed by atoms with Gasteiger partial charge in [0.15, 0.2) is 11.5 Å². The van der Waals surface area contributed by atoms with Gasteiger partial charge in [-0.1, -0.05) is 17.7 Å². The van der Waals surface area contributed by atoms with E-state index in [1.54, 1.807) is 40.7 Å². The summed E-state index contributed by atoms with van der Waals surface area (Å²) >= 11 is 12.0. The number of alkyl halides is 1. The first-order valence-corrected chi connectivity index (χ1v) is 9.22. The quantitative estimate of drug-likeness (QED) is 0.514. The molecule has 1 aromatic carbocycles. The molecular weight excluding hydrogens is 401 g/mol. The van der Waals surface area contributed by atoms with E-state index in [-0.39, 0.29) is 5.91 Å². The lowest BCUT2D eigenvalue weighted by Crippen LogP contribution is -2.22. The molecule has 0 saturated heterocycles. The average Bonchev–Trinajstić information content (AvgIpc) is 3.25. The molecule has 1 amide bonds. The summed E-state index contributed by atoms with van der Waals surface area (Å²) in [5, 5.41) is 12.2. The molecule has 0 fully saturated rings. The maximum Gasteiger partial charge on any atom is 0.243 e. The molecule has 0 aliphatic carbocycles. The molecule has 0 bridgehead atoms. The van der Waals surface area contributed by atoms with Crippen molar-refractivity contribution >= 4 is 46.0 Å². The Balaban J connectivity index is 1.84. The molecule has 0 saturated carbocycles. The molecule has 28 heavy (non-hydrogen) atoms. The molecule has 0 spiro atoms. The minimum Gasteiger partial charge on any atom is -0.309 e. The van der Waals surface area contributed by atoms with Crippen LogP contribution in [0.2, 0.25) is 5.02 Å². The summed E-state index contributed by atoms with van der Waals surface area (Å²) in [5.41, 5.74) is 2.07. The zero-order valence-corrected chi connectivity index (χ0v) is 16.5. The highest BCUT2D eigenvalue weighted by Gasteiger charge is 2.19. The Morgan fingerprint density at radius 2 is 2.04 bits per heavy atom. The van der Waals surface area contributed by atoms with E-state index in [0.717, 1.165) is 5.69 Å². The Morgan fingerprint density at radius 3 is 2.79 bits per heavy atom. The van der Waals surface area contributed by atoms with Crippen LogP contribution >= 0.6 is 23.2 Å². The molecule has 142 valence electrons. The number of benzene rings is 1. The van der Waals surface area contributed by atoms with Gasteiger partial charge in [-0.25, -0.2) is 14.6 Å². The van der Waals surface area contributed by atoms with Crippen molar-refractivity contribution in [1.82, 2.24) is 29.5 Å². The monoisotopic (exact) mass is 415 g/mol. The second-order valence-corrected chi connectivity index (χ2v) is 7.25. The van der Waals surface area contributed by atoms with Crippen molar-refractivity contribution in [2.45, 2.75) is 19.2 Å². The number of hydrogen-bond acceptors (Lipinski definition) is 5. The fourth-order valence-corrected chi connectivity index (χ4v) is 3.01. The van der Waals surface area contributed by atoms with Crippen LogP contribution in [-0.2, 0) is 4.79 Å². The molecule has 1 N–H and O–H groups in total. The van der Waals surface area contributed by atoms with Crippen molar-refractivity contribution in [1.29, 1.82) is 0 Å². The fourth-order valence-electron chi connectivity index (χ4n) is 2.77. The molecule has 4 aromatic rings. The Hall–Kier alpha value is -2.97. The van der Waals surface area contributed by atoms with Crippen LogP contribution in [0.15, 0.2) is 42.9 Å². The summed E-state index contributed by atoms with van der Waals surface area (Å²) in [4.78, 5) is 20.8. The zero-order valence-electron chi connectivity index (χ0n) is 15.0. The first kappa shape index (κ1) is 18.4. The smallest absolute Gasteiger partial charge is 0.243 e. The first-order chi connectivity index (χ1) is 13.4. The molecule has 0 aliphatic rings. The van der Waals surface area contributed by atoms with Crippen molar-refractivity contribution in [3.8, 4) is 11.5 Å². The standard InChI is InChI=1S/C18H15Cl2N7O/c1-10-6-15(24-18(28)11(2)19)27(25-10)17-14-8-23-26(16(14)21-9-22-17)13-5-3-4-12(20)7-13/h3-9,11H,1-2H3,(H,24,28). The van der Waals surface area contributed by atoms with Gasteiger partial charge in [0.1, 0.15) is 17.5 Å². The molecule has 3 aromatic heterocycles. The lowest BCUT2D eigenvalue weighted by atomic mass is 10.3.